The van der Waals surface area contributed by atoms with E-state index in [9.17, 15) is 14.4 Å². The van der Waals surface area contributed by atoms with Crippen molar-refractivity contribution < 1.29 is 23.9 Å². The van der Waals surface area contributed by atoms with Crippen molar-refractivity contribution in [2.45, 2.75) is 65.3 Å². The molecule has 9 nitrogen and oxygen atoms in total. The molecule has 4 rings (SSSR count). The number of likely N-dealkylation sites (tertiary alicyclic amines) is 2. The summed E-state index contributed by atoms with van der Waals surface area (Å²) in [5.74, 6) is 1.48. The van der Waals surface area contributed by atoms with Crippen LogP contribution >= 0.6 is 11.6 Å². The molecule has 45 heavy (non-hydrogen) atoms. The number of ether oxygens (including phenoxy) is 2. The summed E-state index contributed by atoms with van der Waals surface area (Å²) in [7, 11) is 3.20. The number of rotatable bonds is 12. The molecule has 3 amide bonds. The van der Waals surface area contributed by atoms with E-state index in [-0.39, 0.29) is 29.7 Å². The van der Waals surface area contributed by atoms with E-state index < -0.39 is 0 Å². The summed E-state index contributed by atoms with van der Waals surface area (Å²) < 4.78 is 10.7. The van der Waals surface area contributed by atoms with Gasteiger partial charge in [-0.3, -0.25) is 14.4 Å². The minimum atomic E-state index is -0.104. The SMILES string of the molecule is CCN(C(=O)Cc1ccc(OC)c(OC)c1)C1CCN(CCCN(C(=O)C2CCN(C(C)=O)CC2)c2ccc(C)c(Cl)c2)CC1. The van der Waals surface area contributed by atoms with E-state index in [1.54, 1.807) is 21.1 Å². The molecule has 0 unspecified atom stereocenters. The first-order valence-electron chi connectivity index (χ1n) is 16.2. The summed E-state index contributed by atoms with van der Waals surface area (Å²) in [5, 5.41) is 0.653. The first kappa shape index (κ1) is 34.6. The van der Waals surface area contributed by atoms with Crippen LogP contribution in [0.4, 0.5) is 5.69 Å². The average molecular weight is 641 g/mol. The zero-order chi connectivity index (χ0) is 32.5. The third-order valence-corrected chi connectivity index (χ3v) is 9.75. The Bertz CT molecular complexity index is 1320. The fourth-order valence-corrected chi connectivity index (χ4v) is 6.76. The molecule has 2 saturated heterocycles. The average Bonchev–Trinajstić information content (AvgIpc) is 3.05. The van der Waals surface area contributed by atoms with Gasteiger partial charge in [-0.25, -0.2) is 0 Å². The van der Waals surface area contributed by atoms with Gasteiger partial charge < -0.3 is 29.1 Å². The zero-order valence-corrected chi connectivity index (χ0v) is 28.3. The van der Waals surface area contributed by atoms with Crippen LogP contribution in [0.3, 0.4) is 0 Å². The Morgan fingerprint density at radius 1 is 0.933 bits per heavy atom. The van der Waals surface area contributed by atoms with Crippen molar-refractivity contribution in [3.05, 3.63) is 52.5 Å². The first-order valence-corrected chi connectivity index (χ1v) is 16.6. The predicted octanol–water partition coefficient (Wildman–Crippen LogP) is 5.20. The summed E-state index contributed by atoms with van der Waals surface area (Å²) >= 11 is 6.47. The topological polar surface area (TPSA) is 82.6 Å². The van der Waals surface area contributed by atoms with Gasteiger partial charge in [0.25, 0.3) is 0 Å². The van der Waals surface area contributed by atoms with Gasteiger partial charge in [-0.2, -0.15) is 0 Å². The predicted molar refractivity (Wildman–Crippen MR) is 178 cm³/mol. The van der Waals surface area contributed by atoms with E-state index in [1.807, 2.05) is 64.9 Å². The summed E-state index contributed by atoms with van der Waals surface area (Å²) in [6, 6.07) is 11.7. The molecule has 0 aliphatic carbocycles. The molecule has 2 aromatic carbocycles. The minimum Gasteiger partial charge on any atom is -0.493 e. The smallest absolute Gasteiger partial charge is 0.230 e. The van der Waals surface area contributed by atoms with Crippen molar-refractivity contribution in [2.75, 3.05) is 64.9 Å². The van der Waals surface area contributed by atoms with Crippen LogP contribution in [0.25, 0.3) is 0 Å². The van der Waals surface area contributed by atoms with Crippen LogP contribution in [-0.4, -0.2) is 98.5 Å². The van der Waals surface area contributed by atoms with E-state index in [0.717, 1.165) is 55.7 Å². The maximum atomic E-state index is 13.8. The summed E-state index contributed by atoms with van der Waals surface area (Å²) in [6.07, 6.45) is 4.38. The van der Waals surface area contributed by atoms with Crippen molar-refractivity contribution in [3.63, 3.8) is 0 Å². The van der Waals surface area contributed by atoms with Crippen molar-refractivity contribution in [1.29, 1.82) is 0 Å². The van der Waals surface area contributed by atoms with Gasteiger partial charge in [-0.1, -0.05) is 23.7 Å². The van der Waals surface area contributed by atoms with Crippen LogP contribution in [0.1, 0.15) is 57.1 Å². The Balaban J connectivity index is 1.31. The van der Waals surface area contributed by atoms with Crippen LogP contribution < -0.4 is 14.4 Å². The second kappa shape index (κ2) is 16.3. The van der Waals surface area contributed by atoms with Crippen LogP contribution in [0, 0.1) is 12.8 Å². The zero-order valence-electron chi connectivity index (χ0n) is 27.5. The fourth-order valence-electron chi connectivity index (χ4n) is 6.59. The molecule has 2 heterocycles. The Kier molecular flexibility index (Phi) is 12.5. The van der Waals surface area contributed by atoms with Gasteiger partial charge >= 0.3 is 0 Å². The van der Waals surface area contributed by atoms with E-state index in [2.05, 4.69) is 4.90 Å². The second-order valence-corrected chi connectivity index (χ2v) is 12.6. The monoisotopic (exact) mass is 640 g/mol. The highest BCUT2D eigenvalue weighted by molar-refractivity contribution is 6.31. The molecule has 2 aliphatic rings. The second-order valence-electron chi connectivity index (χ2n) is 12.2. The Hall–Kier alpha value is -3.30. The largest absolute Gasteiger partial charge is 0.493 e. The van der Waals surface area contributed by atoms with Gasteiger partial charge in [0.15, 0.2) is 11.5 Å². The molecule has 0 radical (unpaired) electrons. The number of benzene rings is 2. The maximum Gasteiger partial charge on any atom is 0.230 e. The Morgan fingerprint density at radius 3 is 2.22 bits per heavy atom. The fraction of sp³-hybridized carbons (Fsp3) is 0.571. The number of methoxy groups -OCH3 is 2. The molecule has 0 spiro atoms. The highest BCUT2D eigenvalue weighted by Gasteiger charge is 2.31. The Morgan fingerprint density at radius 2 is 1.62 bits per heavy atom. The van der Waals surface area contributed by atoms with Gasteiger partial charge in [0, 0.05) is 68.9 Å². The van der Waals surface area contributed by atoms with Gasteiger partial charge in [-0.15, -0.1) is 0 Å². The van der Waals surface area contributed by atoms with Crippen molar-refractivity contribution in [3.8, 4) is 11.5 Å². The maximum absolute atomic E-state index is 13.8. The van der Waals surface area contributed by atoms with Crippen molar-refractivity contribution in [2.24, 2.45) is 5.92 Å². The number of likely N-dealkylation sites (N-methyl/N-ethyl adjacent to an activating group) is 1. The van der Waals surface area contributed by atoms with E-state index >= 15 is 0 Å². The summed E-state index contributed by atoms with van der Waals surface area (Å²) in [4.78, 5) is 47.1. The van der Waals surface area contributed by atoms with Crippen LogP contribution in [0.5, 0.6) is 11.5 Å². The molecule has 2 fully saturated rings. The van der Waals surface area contributed by atoms with E-state index in [4.69, 9.17) is 21.1 Å². The number of piperidine rings is 2. The van der Waals surface area contributed by atoms with Crippen LogP contribution in [0.2, 0.25) is 5.02 Å². The molecule has 0 atom stereocenters. The number of nitrogens with zero attached hydrogens (tertiary/aromatic N) is 4. The molecule has 0 N–H and O–H groups in total. The number of hydrogen-bond acceptors (Lipinski definition) is 6. The van der Waals surface area contributed by atoms with E-state index in [0.29, 0.717) is 62.0 Å². The lowest BCUT2D eigenvalue weighted by atomic mass is 9.94. The molecule has 2 aromatic rings. The lowest BCUT2D eigenvalue weighted by Crippen LogP contribution is -2.48. The molecule has 246 valence electrons. The van der Waals surface area contributed by atoms with Crippen LogP contribution in [0.15, 0.2) is 36.4 Å². The number of carbonyl (C=O) groups excluding carboxylic acids is 3. The van der Waals surface area contributed by atoms with Gasteiger partial charge in [0.1, 0.15) is 0 Å². The quantitative estimate of drug-likeness (QED) is 0.317. The number of carbonyl (C=O) groups is 3. The third kappa shape index (κ3) is 8.91. The minimum absolute atomic E-state index is 0.0659. The van der Waals surface area contributed by atoms with Crippen molar-refractivity contribution in [1.82, 2.24) is 14.7 Å². The van der Waals surface area contributed by atoms with Crippen LogP contribution in [-0.2, 0) is 20.8 Å². The Labute approximate surface area is 273 Å². The number of aryl methyl sites for hydroxylation is 1. The van der Waals surface area contributed by atoms with Gasteiger partial charge in [-0.05, 0) is 87.9 Å². The lowest BCUT2D eigenvalue weighted by Gasteiger charge is -2.38. The highest BCUT2D eigenvalue weighted by Crippen LogP contribution is 2.29. The molecule has 2 aliphatic heterocycles. The molecule has 10 heteroatoms. The standard InChI is InChI=1S/C35H49ClN4O5/c1-6-39(34(42)23-27-9-11-32(44-4)33(22-27)45-5)29-14-18-37(19-15-29)16-7-17-40(30-10-8-25(2)31(36)24-30)35(43)28-12-20-38(21-13-28)26(3)41/h8-11,22,24,28-29H,6-7,12-21,23H2,1-5H3. The molecular formula is C35H49ClN4O5. The summed E-state index contributed by atoms with van der Waals surface area (Å²) in [5.41, 5.74) is 2.72. The molecule has 0 bridgehead atoms. The normalized spacial score (nSPS) is 16.4. The van der Waals surface area contributed by atoms with E-state index in [1.165, 1.54) is 0 Å². The molecular weight excluding hydrogens is 592 g/mol. The molecule has 0 saturated carbocycles. The first-order chi connectivity index (χ1) is 21.6. The highest BCUT2D eigenvalue weighted by atomic mass is 35.5. The molecule has 0 aromatic heterocycles. The van der Waals surface area contributed by atoms with Gasteiger partial charge in [0.05, 0.1) is 20.6 Å². The number of anilines is 1. The number of hydrogen-bond donors (Lipinski definition) is 0. The number of amides is 3. The van der Waals surface area contributed by atoms with Crippen molar-refractivity contribution >= 4 is 35.0 Å². The summed E-state index contributed by atoms with van der Waals surface area (Å²) in [6.45, 7) is 10.8. The third-order valence-electron chi connectivity index (χ3n) is 9.34. The number of halogens is 1. The van der Waals surface area contributed by atoms with Gasteiger partial charge in [0.2, 0.25) is 17.7 Å². The lowest BCUT2D eigenvalue weighted by molar-refractivity contribution is -0.133.